The predicted octanol–water partition coefficient (Wildman–Crippen LogP) is 3.56. The van der Waals surface area contributed by atoms with Crippen molar-refractivity contribution in [2.75, 3.05) is 24.5 Å². The molecule has 0 spiro atoms. The molecule has 3 rings (SSSR count). The van der Waals surface area contributed by atoms with Crippen LogP contribution in [0, 0.1) is 17.7 Å². The molecule has 1 heterocycles. The van der Waals surface area contributed by atoms with Crippen LogP contribution in [0.25, 0.3) is 0 Å². The molecule has 2 unspecified atom stereocenters. The zero-order chi connectivity index (χ0) is 13.9. The Kier molecular flexibility index (Phi) is 4.25. The molecule has 20 heavy (non-hydrogen) atoms. The molecule has 2 fully saturated rings. The van der Waals surface area contributed by atoms with E-state index in [0.717, 1.165) is 55.7 Å². The number of halogens is 1. The number of nitrogens with zero attached hydrogens (tertiary/aromatic N) is 1. The Morgan fingerprint density at radius 2 is 2.00 bits per heavy atom. The van der Waals surface area contributed by atoms with E-state index in [1.54, 1.807) is 6.07 Å². The van der Waals surface area contributed by atoms with Gasteiger partial charge in [0.25, 0.3) is 0 Å². The maximum atomic E-state index is 14.3. The summed E-state index contributed by atoms with van der Waals surface area (Å²) >= 11 is 0. The fourth-order valence-corrected chi connectivity index (χ4v) is 3.87. The minimum absolute atomic E-state index is 0.0548. The number of fused-ring (bicyclic) bond motifs is 1. The van der Waals surface area contributed by atoms with E-state index in [1.165, 1.54) is 19.3 Å². The Morgan fingerprint density at radius 1 is 1.25 bits per heavy atom. The van der Waals surface area contributed by atoms with Gasteiger partial charge < -0.3 is 10.2 Å². The normalized spacial score (nSPS) is 25.2. The average Bonchev–Trinajstić information content (AvgIpc) is 3.00. The zero-order valence-electron chi connectivity index (χ0n) is 12.4. The molecule has 0 aromatic heterocycles. The lowest BCUT2D eigenvalue weighted by molar-refractivity contribution is 0.494. The Balaban J connectivity index is 1.77. The molecule has 2 atom stereocenters. The van der Waals surface area contributed by atoms with E-state index in [4.69, 9.17) is 0 Å². The van der Waals surface area contributed by atoms with Crippen LogP contribution in [-0.2, 0) is 6.54 Å². The van der Waals surface area contributed by atoms with Gasteiger partial charge in [0.1, 0.15) is 5.82 Å². The number of benzene rings is 1. The van der Waals surface area contributed by atoms with Gasteiger partial charge in [-0.15, -0.1) is 0 Å². The first-order valence-electron chi connectivity index (χ1n) is 8.02. The minimum atomic E-state index is -0.0548. The molecule has 1 aliphatic heterocycles. The topological polar surface area (TPSA) is 15.3 Å². The van der Waals surface area contributed by atoms with Crippen molar-refractivity contribution in [3.63, 3.8) is 0 Å². The molecular formula is C17H25FN2. The second kappa shape index (κ2) is 6.13. The van der Waals surface area contributed by atoms with Gasteiger partial charge in [-0.1, -0.05) is 25.5 Å². The number of nitrogens with one attached hydrogen (secondary N) is 1. The zero-order valence-corrected chi connectivity index (χ0v) is 12.4. The number of hydrogen-bond acceptors (Lipinski definition) is 2. The lowest BCUT2D eigenvalue weighted by Gasteiger charge is -2.23. The molecule has 1 aliphatic carbocycles. The third-order valence-electron chi connectivity index (χ3n) is 4.86. The molecule has 1 N–H and O–H groups in total. The van der Waals surface area contributed by atoms with E-state index in [9.17, 15) is 4.39 Å². The van der Waals surface area contributed by atoms with Gasteiger partial charge in [0, 0.05) is 19.6 Å². The molecular weight excluding hydrogens is 251 g/mol. The highest BCUT2D eigenvalue weighted by molar-refractivity contribution is 5.56. The highest BCUT2D eigenvalue weighted by Gasteiger charge is 2.37. The fourth-order valence-electron chi connectivity index (χ4n) is 3.87. The van der Waals surface area contributed by atoms with Crippen molar-refractivity contribution in [3.05, 3.63) is 29.6 Å². The molecule has 1 aromatic rings. The molecule has 2 nitrogen and oxygen atoms in total. The standard InChI is InChI=1S/C17H25FN2/c1-2-9-19-10-13-5-4-8-16(18)17(13)20-11-14-6-3-7-15(14)12-20/h4-5,8,14-15,19H,2-3,6-7,9-12H2,1H3. The number of rotatable bonds is 5. The van der Waals surface area contributed by atoms with E-state index in [-0.39, 0.29) is 5.82 Å². The Labute approximate surface area is 121 Å². The highest BCUT2D eigenvalue weighted by Crippen LogP contribution is 2.41. The first-order valence-corrected chi connectivity index (χ1v) is 8.02. The second-order valence-electron chi connectivity index (χ2n) is 6.28. The van der Waals surface area contributed by atoms with E-state index < -0.39 is 0 Å². The Bertz CT molecular complexity index is 448. The van der Waals surface area contributed by atoms with Gasteiger partial charge in [-0.2, -0.15) is 0 Å². The number of hydrogen-bond donors (Lipinski definition) is 1. The summed E-state index contributed by atoms with van der Waals surface area (Å²) in [5.74, 6) is 1.54. The number of anilines is 1. The molecule has 0 bridgehead atoms. The fraction of sp³-hybridized carbons (Fsp3) is 0.647. The average molecular weight is 276 g/mol. The van der Waals surface area contributed by atoms with Gasteiger partial charge in [-0.25, -0.2) is 4.39 Å². The van der Waals surface area contributed by atoms with Crippen LogP contribution in [0.1, 0.15) is 38.2 Å². The quantitative estimate of drug-likeness (QED) is 0.827. The largest absolute Gasteiger partial charge is 0.368 e. The van der Waals surface area contributed by atoms with Crippen LogP contribution in [0.5, 0.6) is 0 Å². The SMILES string of the molecule is CCCNCc1cccc(F)c1N1CC2CCCC2C1. The van der Waals surface area contributed by atoms with Crippen LogP contribution in [-0.4, -0.2) is 19.6 Å². The first-order chi connectivity index (χ1) is 9.79. The Morgan fingerprint density at radius 3 is 2.70 bits per heavy atom. The monoisotopic (exact) mass is 276 g/mol. The molecule has 1 saturated heterocycles. The van der Waals surface area contributed by atoms with Crippen molar-refractivity contribution in [3.8, 4) is 0 Å². The lowest BCUT2D eigenvalue weighted by atomic mass is 10.0. The van der Waals surface area contributed by atoms with Crippen LogP contribution >= 0.6 is 0 Å². The highest BCUT2D eigenvalue weighted by atomic mass is 19.1. The first kappa shape index (κ1) is 13.9. The van der Waals surface area contributed by atoms with Gasteiger partial charge >= 0.3 is 0 Å². The molecule has 0 amide bonds. The minimum Gasteiger partial charge on any atom is -0.368 e. The van der Waals surface area contributed by atoms with Crippen molar-refractivity contribution in [1.29, 1.82) is 0 Å². The van der Waals surface area contributed by atoms with Crippen LogP contribution in [0.2, 0.25) is 0 Å². The summed E-state index contributed by atoms with van der Waals surface area (Å²) in [5, 5.41) is 3.40. The van der Waals surface area contributed by atoms with Crippen molar-refractivity contribution in [1.82, 2.24) is 5.32 Å². The van der Waals surface area contributed by atoms with Crippen LogP contribution < -0.4 is 10.2 Å². The maximum absolute atomic E-state index is 14.3. The summed E-state index contributed by atoms with van der Waals surface area (Å²) < 4.78 is 14.3. The summed E-state index contributed by atoms with van der Waals surface area (Å²) in [4.78, 5) is 2.30. The van der Waals surface area contributed by atoms with Crippen LogP contribution in [0.15, 0.2) is 18.2 Å². The maximum Gasteiger partial charge on any atom is 0.146 e. The molecule has 2 aliphatic rings. The van der Waals surface area contributed by atoms with E-state index in [2.05, 4.69) is 23.2 Å². The summed E-state index contributed by atoms with van der Waals surface area (Å²) in [7, 11) is 0. The van der Waals surface area contributed by atoms with Gasteiger partial charge in [-0.3, -0.25) is 0 Å². The van der Waals surface area contributed by atoms with Gasteiger partial charge in [-0.05, 0) is 49.3 Å². The predicted molar refractivity (Wildman–Crippen MR) is 81.4 cm³/mol. The number of para-hydroxylation sites is 1. The van der Waals surface area contributed by atoms with Crippen LogP contribution in [0.3, 0.4) is 0 Å². The molecule has 110 valence electrons. The van der Waals surface area contributed by atoms with Crippen molar-refractivity contribution >= 4 is 5.69 Å². The van der Waals surface area contributed by atoms with E-state index in [1.807, 2.05) is 6.07 Å². The third-order valence-corrected chi connectivity index (χ3v) is 4.86. The third kappa shape index (κ3) is 2.69. The van der Waals surface area contributed by atoms with Gasteiger partial charge in [0.05, 0.1) is 5.69 Å². The summed E-state index contributed by atoms with van der Waals surface area (Å²) in [6.45, 7) is 6.01. The van der Waals surface area contributed by atoms with E-state index in [0.29, 0.717) is 0 Å². The smallest absolute Gasteiger partial charge is 0.146 e. The van der Waals surface area contributed by atoms with Crippen LogP contribution in [0.4, 0.5) is 10.1 Å². The molecule has 1 aromatic carbocycles. The molecule has 3 heteroatoms. The Hall–Kier alpha value is -1.09. The molecule has 1 saturated carbocycles. The molecule has 0 radical (unpaired) electrons. The van der Waals surface area contributed by atoms with Crippen molar-refractivity contribution in [2.24, 2.45) is 11.8 Å². The van der Waals surface area contributed by atoms with Gasteiger partial charge in [0.2, 0.25) is 0 Å². The van der Waals surface area contributed by atoms with Crippen molar-refractivity contribution in [2.45, 2.75) is 39.2 Å². The van der Waals surface area contributed by atoms with Crippen molar-refractivity contribution < 1.29 is 4.39 Å². The lowest BCUT2D eigenvalue weighted by Crippen LogP contribution is -2.25. The van der Waals surface area contributed by atoms with E-state index >= 15 is 0 Å². The van der Waals surface area contributed by atoms with Gasteiger partial charge in [0.15, 0.2) is 0 Å². The second-order valence-corrected chi connectivity index (χ2v) is 6.28. The summed E-state index contributed by atoms with van der Waals surface area (Å²) in [6, 6.07) is 5.50. The summed E-state index contributed by atoms with van der Waals surface area (Å²) in [5.41, 5.74) is 1.96. The summed E-state index contributed by atoms with van der Waals surface area (Å²) in [6.07, 6.45) is 5.14.